The number of likely N-dealkylation sites (N-methyl/N-ethyl adjacent to an activating group) is 1. The molecule has 2 N–H and O–H groups in total. The number of aliphatic carboxylic acids is 1. The van der Waals surface area contributed by atoms with Crippen molar-refractivity contribution in [2.45, 2.75) is 26.3 Å². The summed E-state index contributed by atoms with van der Waals surface area (Å²) in [4.78, 5) is 16.2. The summed E-state index contributed by atoms with van der Waals surface area (Å²) in [5.41, 5.74) is 3.58. The molecule has 1 aromatic heterocycles. The fourth-order valence-corrected chi connectivity index (χ4v) is 2.33. The van der Waals surface area contributed by atoms with Crippen LogP contribution in [0, 0.1) is 6.92 Å². The second-order valence-corrected chi connectivity index (χ2v) is 5.02. The van der Waals surface area contributed by atoms with E-state index in [2.05, 4.69) is 24.0 Å². The number of hydrogen-bond donors (Lipinski definition) is 2. The van der Waals surface area contributed by atoms with Crippen LogP contribution in [0.5, 0.6) is 0 Å². The fraction of sp³-hybridized carbons (Fsp3) is 0.400. The van der Waals surface area contributed by atoms with Crippen molar-refractivity contribution >= 4 is 16.9 Å². The van der Waals surface area contributed by atoms with Crippen LogP contribution in [0.2, 0.25) is 0 Å². The molecule has 0 amide bonds. The van der Waals surface area contributed by atoms with Crippen LogP contribution < -0.4 is 0 Å². The molecular weight excluding hydrogens is 240 g/mol. The second kappa shape index (κ2) is 5.45. The number of benzene rings is 1. The topological polar surface area (TPSA) is 56.3 Å². The van der Waals surface area contributed by atoms with Gasteiger partial charge in [-0.25, -0.2) is 0 Å². The molecule has 0 saturated heterocycles. The smallest absolute Gasteiger partial charge is 0.320 e. The molecule has 1 heterocycles. The molecule has 0 aliphatic carbocycles. The summed E-state index contributed by atoms with van der Waals surface area (Å²) in [5, 5.41) is 10.2. The van der Waals surface area contributed by atoms with E-state index in [4.69, 9.17) is 5.11 Å². The summed E-state index contributed by atoms with van der Waals surface area (Å²) in [5.74, 6) is -0.779. The number of carboxylic acids is 1. The van der Waals surface area contributed by atoms with Gasteiger partial charge in [-0.1, -0.05) is 18.2 Å². The van der Waals surface area contributed by atoms with Gasteiger partial charge in [0.25, 0.3) is 0 Å². The van der Waals surface area contributed by atoms with Crippen LogP contribution in [-0.2, 0) is 11.2 Å². The lowest BCUT2D eigenvalue weighted by Crippen LogP contribution is -2.37. The third kappa shape index (κ3) is 2.79. The van der Waals surface area contributed by atoms with E-state index in [1.54, 1.807) is 6.92 Å². The van der Waals surface area contributed by atoms with Gasteiger partial charge in [0.1, 0.15) is 6.04 Å². The van der Waals surface area contributed by atoms with Gasteiger partial charge in [-0.2, -0.15) is 0 Å². The average Bonchev–Trinajstić information content (AvgIpc) is 2.70. The Morgan fingerprint density at radius 2 is 2.11 bits per heavy atom. The minimum Gasteiger partial charge on any atom is -0.480 e. The minimum atomic E-state index is -0.779. The zero-order chi connectivity index (χ0) is 14.0. The Morgan fingerprint density at radius 1 is 1.42 bits per heavy atom. The fourth-order valence-electron chi connectivity index (χ4n) is 2.33. The predicted octanol–water partition coefficient (Wildman–Crippen LogP) is 2.42. The number of rotatable bonds is 5. The lowest BCUT2D eigenvalue weighted by atomic mass is 10.1. The molecule has 2 aromatic rings. The van der Waals surface area contributed by atoms with Crippen molar-refractivity contribution < 1.29 is 9.90 Å². The van der Waals surface area contributed by atoms with Crippen LogP contribution in [0.25, 0.3) is 10.9 Å². The number of para-hydroxylation sites is 1. The van der Waals surface area contributed by atoms with E-state index < -0.39 is 12.0 Å². The van der Waals surface area contributed by atoms with Gasteiger partial charge in [-0.15, -0.1) is 0 Å². The molecule has 19 heavy (non-hydrogen) atoms. The van der Waals surface area contributed by atoms with Gasteiger partial charge in [-0.05, 0) is 38.9 Å². The van der Waals surface area contributed by atoms with Gasteiger partial charge >= 0.3 is 5.97 Å². The number of aromatic nitrogens is 1. The predicted molar refractivity (Wildman–Crippen MR) is 76.5 cm³/mol. The number of H-pyrrole nitrogens is 1. The van der Waals surface area contributed by atoms with Crippen LogP contribution in [0.1, 0.15) is 18.2 Å². The Balaban J connectivity index is 2.14. The zero-order valence-corrected chi connectivity index (χ0v) is 11.6. The first-order chi connectivity index (χ1) is 9.00. The maximum absolute atomic E-state index is 10.9. The Hall–Kier alpha value is -1.81. The lowest BCUT2D eigenvalue weighted by molar-refractivity contribution is -0.142. The molecule has 0 saturated carbocycles. The number of nitrogens with zero attached hydrogens (tertiary/aromatic N) is 1. The largest absolute Gasteiger partial charge is 0.480 e. The first kappa shape index (κ1) is 13.6. The van der Waals surface area contributed by atoms with Crippen LogP contribution in [0.15, 0.2) is 24.3 Å². The quantitative estimate of drug-likeness (QED) is 0.868. The van der Waals surface area contributed by atoms with Gasteiger partial charge in [0.2, 0.25) is 0 Å². The molecule has 1 atom stereocenters. The monoisotopic (exact) mass is 260 g/mol. The Labute approximate surface area is 113 Å². The van der Waals surface area contributed by atoms with E-state index in [1.807, 2.05) is 24.1 Å². The lowest BCUT2D eigenvalue weighted by Gasteiger charge is -2.20. The highest BCUT2D eigenvalue weighted by molar-refractivity contribution is 5.84. The standard InChI is InChI=1S/C15H20N2O2/c1-10-12(8-9-17(3)11(2)15(18)19)13-6-4-5-7-14(13)16-10/h4-7,11,16H,8-9H2,1-3H3,(H,18,19). The van der Waals surface area contributed by atoms with Gasteiger partial charge in [0.05, 0.1) is 0 Å². The highest BCUT2D eigenvalue weighted by Crippen LogP contribution is 2.22. The van der Waals surface area contributed by atoms with E-state index in [0.717, 1.165) is 24.2 Å². The summed E-state index contributed by atoms with van der Waals surface area (Å²) in [6.07, 6.45) is 0.851. The van der Waals surface area contributed by atoms with Crippen LogP contribution in [0.3, 0.4) is 0 Å². The first-order valence-corrected chi connectivity index (χ1v) is 6.50. The molecule has 1 aromatic carbocycles. The molecule has 0 spiro atoms. The Morgan fingerprint density at radius 3 is 2.79 bits per heavy atom. The molecule has 2 rings (SSSR count). The third-order valence-electron chi connectivity index (χ3n) is 3.76. The number of aryl methyl sites for hydroxylation is 1. The Kier molecular flexibility index (Phi) is 3.90. The van der Waals surface area contributed by atoms with E-state index in [-0.39, 0.29) is 0 Å². The van der Waals surface area contributed by atoms with E-state index in [1.165, 1.54) is 10.9 Å². The molecule has 0 aliphatic heterocycles. The van der Waals surface area contributed by atoms with Crippen LogP contribution in [0.4, 0.5) is 0 Å². The summed E-state index contributed by atoms with van der Waals surface area (Å²) in [6, 6.07) is 7.76. The Bertz CT molecular complexity index is 589. The second-order valence-electron chi connectivity index (χ2n) is 5.02. The molecular formula is C15H20N2O2. The zero-order valence-electron chi connectivity index (χ0n) is 11.6. The maximum atomic E-state index is 10.9. The molecule has 0 bridgehead atoms. The SMILES string of the molecule is Cc1[nH]c2ccccc2c1CCN(C)C(C)C(=O)O. The normalized spacial score (nSPS) is 13.1. The number of carboxylic acid groups (broad SMARTS) is 1. The molecule has 4 nitrogen and oxygen atoms in total. The minimum absolute atomic E-state index is 0.453. The van der Waals surface area contributed by atoms with Crippen molar-refractivity contribution in [3.63, 3.8) is 0 Å². The van der Waals surface area contributed by atoms with Crippen molar-refractivity contribution in [1.29, 1.82) is 0 Å². The summed E-state index contributed by atoms with van der Waals surface area (Å²) >= 11 is 0. The molecule has 0 fully saturated rings. The van der Waals surface area contributed by atoms with Crippen LogP contribution in [-0.4, -0.2) is 40.6 Å². The van der Waals surface area contributed by atoms with Crippen LogP contribution >= 0.6 is 0 Å². The number of fused-ring (bicyclic) bond motifs is 1. The number of hydrogen-bond acceptors (Lipinski definition) is 2. The van der Waals surface area contributed by atoms with Crippen molar-refractivity contribution in [3.05, 3.63) is 35.5 Å². The highest BCUT2D eigenvalue weighted by Gasteiger charge is 2.17. The van der Waals surface area contributed by atoms with Crippen molar-refractivity contribution in [3.8, 4) is 0 Å². The maximum Gasteiger partial charge on any atom is 0.320 e. The van der Waals surface area contributed by atoms with Crippen molar-refractivity contribution in [1.82, 2.24) is 9.88 Å². The molecule has 0 aliphatic rings. The number of aromatic amines is 1. The summed E-state index contributed by atoms with van der Waals surface area (Å²) < 4.78 is 0. The van der Waals surface area contributed by atoms with Crippen molar-refractivity contribution in [2.24, 2.45) is 0 Å². The molecule has 1 unspecified atom stereocenters. The summed E-state index contributed by atoms with van der Waals surface area (Å²) in [7, 11) is 1.85. The molecule has 4 heteroatoms. The van der Waals surface area contributed by atoms with E-state index >= 15 is 0 Å². The van der Waals surface area contributed by atoms with Gasteiger partial charge in [-0.3, -0.25) is 9.69 Å². The van der Waals surface area contributed by atoms with Gasteiger partial charge in [0, 0.05) is 23.1 Å². The first-order valence-electron chi connectivity index (χ1n) is 6.50. The van der Waals surface area contributed by atoms with Crippen molar-refractivity contribution in [2.75, 3.05) is 13.6 Å². The van der Waals surface area contributed by atoms with Gasteiger partial charge < -0.3 is 10.1 Å². The average molecular weight is 260 g/mol. The van der Waals surface area contributed by atoms with E-state index in [9.17, 15) is 4.79 Å². The summed E-state index contributed by atoms with van der Waals surface area (Å²) in [6.45, 7) is 4.51. The number of nitrogens with one attached hydrogen (secondary N) is 1. The third-order valence-corrected chi connectivity index (χ3v) is 3.76. The molecule has 102 valence electrons. The molecule has 0 radical (unpaired) electrons. The number of carbonyl (C=O) groups is 1. The van der Waals surface area contributed by atoms with E-state index in [0.29, 0.717) is 0 Å². The highest BCUT2D eigenvalue weighted by atomic mass is 16.4. The van der Waals surface area contributed by atoms with Gasteiger partial charge in [0.15, 0.2) is 0 Å².